The molecular weight excluding hydrogens is 382 g/mol. The standard InChI is InChI=1S/C22H29N5O3/c1-2-29-21(28)27-15-22(16-27)6-5-17(14-22)25-9-11-26(12-10-25)19-18(4-3-7-23-19)20-24-8-13-30-20/h3-4,7-8,13,17H,2,5-6,9-12,14-16H2,1H3. The third kappa shape index (κ3) is 3.53. The van der Waals surface area contributed by atoms with E-state index in [2.05, 4.69) is 19.8 Å². The summed E-state index contributed by atoms with van der Waals surface area (Å²) in [6, 6.07) is 4.56. The highest BCUT2D eigenvalue weighted by molar-refractivity contribution is 5.70. The van der Waals surface area contributed by atoms with Crippen molar-refractivity contribution in [3.63, 3.8) is 0 Å². The summed E-state index contributed by atoms with van der Waals surface area (Å²) in [6.07, 6.45) is 8.57. The highest BCUT2D eigenvalue weighted by atomic mass is 16.6. The van der Waals surface area contributed by atoms with Crippen LogP contribution in [0.5, 0.6) is 0 Å². The van der Waals surface area contributed by atoms with Crippen LogP contribution in [0.25, 0.3) is 11.5 Å². The molecule has 3 aliphatic rings. The third-order valence-corrected chi connectivity index (χ3v) is 6.83. The normalized spacial score (nSPS) is 23.6. The molecule has 30 heavy (non-hydrogen) atoms. The van der Waals surface area contributed by atoms with Crippen LogP contribution in [0.2, 0.25) is 0 Å². The molecule has 3 fully saturated rings. The number of hydrogen-bond acceptors (Lipinski definition) is 7. The van der Waals surface area contributed by atoms with E-state index in [9.17, 15) is 4.79 Å². The number of anilines is 1. The average molecular weight is 412 g/mol. The Morgan fingerprint density at radius 2 is 2.07 bits per heavy atom. The van der Waals surface area contributed by atoms with Gasteiger partial charge in [-0.3, -0.25) is 4.90 Å². The van der Waals surface area contributed by atoms with Crippen molar-refractivity contribution in [2.45, 2.75) is 32.2 Å². The number of ether oxygens (including phenoxy) is 1. The molecule has 2 aromatic rings. The first-order valence-corrected chi connectivity index (χ1v) is 10.9. The molecule has 0 aromatic carbocycles. The predicted octanol–water partition coefficient (Wildman–Crippen LogP) is 2.87. The zero-order valence-electron chi connectivity index (χ0n) is 17.5. The van der Waals surface area contributed by atoms with Gasteiger partial charge in [-0.15, -0.1) is 0 Å². The van der Waals surface area contributed by atoms with Crippen LogP contribution in [-0.4, -0.2) is 77.8 Å². The lowest BCUT2D eigenvalue weighted by Gasteiger charge is -2.48. The first-order valence-electron chi connectivity index (χ1n) is 10.9. The Bertz CT molecular complexity index is 873. The lowest BCUT2D eigenvalue weighted by molar-refractivity contribution is -0.00294. The highest BCUT2D eigenvalue weighted by Crippen LogP contribution is 2.47. The van der Waals surface area contributed by atoms with E-state index < -0.39 is 0 Å². The number of carbonyl (C=O) groups excluding carboxylic acids is 1. The number of aromatic nitrogens is 2. The number of carbonyl (C=O) groups is 1. The molecule has 1 unspecified atom stereocenters. The van der Waals surface area contributed by atoms with Gasteiger partial charge < -0.3 is 19.0 Å². The van der Waals surface area contributed by atoms with Gasteiger partial charge in [0.05, 0.1) is 18.4 Å². The average Bonchev–Trinajstić information content (AvgIpc) is 3.43. The maximum absolute atomic E-state index is 11.9. The Morgan fingerprint density at radius 3 is 2.80 bits per heavy atom. The summed E-state index contributed by atoms with van der Waals surface area (Å²) in [5.74, 6) is 1.57. The summed E-state index contributed by atoms with van der Waals surface area (Å²) in [4.78, 5) is 27.7. The summed E-state index contributed by atoms with van der Waals surface area (Å²) >= 11 is 0. The van der Waals surface area contributed by atoms with Gasteiger partial charge in [0.1, 0.15) is 12.1 Å². The fourth-order valence-corrected chi connectivity index (χ4v) is 5.35. The maximum Gasteiger partial charge on any atom is 0.409 e. The van der Waals surface area contributed by atoms with Gasteiger partial charge in [-0.05, 0) is 38.3 Å². The van der Waals surface area contributed by atoms with Crippen molar-refractivity contribution in [3.8, 4) is 11.5 Å². The van der Waals surface area contributed by atoms with Crippen molar-refractivity contribution < 1.29 is 13.9 Å². The minimum atomic E-state index is -0.155. The van der Waals surface area contributed by atoms with Gasteiger partial charge in [0.25, 0.3) is 0 Å². The largest absolute Gasteiger partial charge is 0.450 e. The van der Waals surface area contributed by atoms with Crippen molar-refractivity contribution in [3.05, 3.63) is 30.8 Å². The van der Waals surface area contributed by atoms with E-state index in [1.807, 2.05) is 30.2 Å². The SMILES string of the molecule is CCOC(=O)N1CC2(CCC(N3CCN(c4ncccc4-c4ncco4)CC3)C2)C1. The molecule has 2 aliphatic heterocycles. The molecule has 2 saturated heterocycles. The van der Waals surface area contributed by atoms with Gasteiger partial charge in [-0.1, -0.05) is 0 Å². The number of pyridine rings is 1. The first-order chi connectivity index (χ1) is 14.7. The van der Waals surface area contributed by atoms with E-state index in [-0.39, 0.29) is 6.09 Å². The Labute approximate surface area is 176 Å². The summed E-state index contributed by atoms with van der Waals surface area (Å²) in [5.41, 5.74) is 1.26. The van der Waals surface area contributed by atoms with Crippen LogP contribution < -0.4 is 4.90 Å². The molecule has 0 radical (unpaired) electrons. The molecule has 0 N–H and O–H groups in total. The van der Waals surface area contributed by atoms with Gasteiger partial charge in [0, 0.05) is 56.9 Å². The van der Waals surface area contributed by atoms with Crippen molar-refractivity contribution in [1.29, 1.82) is 0 Å². The maximum atomic E-state index is 11.9. The summed E-state index contributed by atoms with van der Waals surface area (Å²) in [6.45, 7) is 7.98. The van der Waals surface area contributed by atoms with Crippen LogP contribution in [0.3, 0.4) is 0 Å². The minimum Gasteiger partial charge on any atom is -0.450 e. The number of likely N-dealkylation sites (tertiary alicyclic amines) is 1. The van der Waals surface area contributed by atoms with Crippen molar-refractivity contribution in [2.24, 2.45) is 5.41 Å². The van der Waals surface area contributed by atoms with E-state index in [1.54, 1.807) is 12.5 Å². The lowest BCUT2D eigenvalue weighted by Crippen LogP contribution is -2.58. The molecule has 8 nitrogen and oxygen atoms in total. The number of piperazine rings is 1. The molecule has 1 atom stereocenters. The second-order valence-corrected chi connectivity index (χ2v) is 8.69. The lowest BCUT2D eigenvalue weighted by atomic mass is 9.78. The molecule has 2 aromatic heterocycles. The van der Waals surface area contributed by atoms with Crippen LogP contribution in [0.15, 0.2) is 35.2 Å². The monoisotopic (exact) mass is 411 g/mol. The fraction of sp³-hybridized carbons (Fsp3) is 0.591. The minimum absolute atomic E-state index is 0.155. The Kier molecular flexibility index (Phi) is 5.10. The van der Waals surface area contributed by atoms with Crippen LogP contribution >= 0.6 is 0 Å². The first kappa shape index (κ1) is 19.4. The predicted molar refractivity (Wildman–Crippen MR) is 112 cm³/mol. The van der Waals surface area contributed by atoms with E-state index >= 15 is 0 Å². The van der Waals surface area contributed by atoms with Crippen molar-refractivity contribution >= 4 is 11.9 Å². The van der Waals surface area contributed by atoms with Gasteiger partial charge >= 0.3 is 6.09 Å². The second-order valence-electron chi connectivity index (χ2n) is 8.69. The summed E-state index contributed by atoms with van der Waals surface area (Å²) in [5, 5.41) is 0. The van der Waals surface area contributed by atoms with Gasteiger partial charge in [0.15, 0.2) is 0 Å². The van der Waals surface area contributed by atoms with E-state index in [0.29, 0.717) is 24.0 Å². The number of nitrogens with zero attached hydrogens (tertiary/aromatic N) is 5. The number of rotatable bonds is 4. The van der Waals surface area contributed by atoms with Gasteiger partial charge in [0.2, 0.25) is 5.89 Å². The molecule has 8 heteroatoms. The molecule has 160 valence electrons. The quantitative estimate of drug-likeness (QED) is 0.766. The third-order valence-electron chi connectivity index (χ3n) is 6.83. The van der Waals surface area contributed by atoms with Gasteiger partial charge in [-0.25, -0.2) is 14.8 Å². The Balaban J connectivity index is 1.17. The van der Waals surface area contributed by atoms with Crippen molar-refractivity contribution in [1.82, 2.24) is 19.8 Å². The Hall–Kier alpha value is -2.61. The molecule has 5 rings (SSSR count). The Morgan fingerprint density at radius 1 is 1.23 bits per heavy atom. The smallest absolute Gasteiger partial charge is 0.409 e. The molecular formula is C22H29N5O3. The van der Waals surface area contributed by atoms with E-state index in [4.69, 9.17) is 9.15 Å². The zero-order valence-corrected chi connectivity index (χ0v) is 17.5. The van der Waals surface area contributed by atoms with E-state index in [1.165, 1.54) is 19.3 Å². The van der Waals surface area contributed by atoms with E-state index in [0.717, 1.165) is 50.6 Å². The topological polar surface area (TPSA) is 74.9 Å². The van der Waals surface area contributed by atoms with Crippen LogP contribution in [-0.2, 0) is 4.74 Å². The second kappa shape index (κ2) is 7.91. The molecule has 1 saturated carbocycles. The zero-order chi connectivity index (χ0) is 20.6. The van der Waals surface area contributed by atoms with Crippen molar-refractivity contribution in [2.75, 3.05) is 50.8 Å². The molecule has 1 aliphatic carbocycles. The number of oxazole rings is 1. The molecule has 1 spiro atoms. The molecule has 1 amide bonds. The van der Waals surface area contributed by atoms with Crippen LogP contribution in [0.4, 0.5) is 10.6 Å². The summed E-state index contributed by atoms with van der Waals surface area (Å²) in [7, 11) is 0. The van der Waals surface area contributed by atoms with Gasteiger partial charge in [-0.2, -0.15) is 0 Å². The molecule has 4 heterocycles. The fourth-order valence-electron chi connectivity index (χ4n) is 5.35. The highest BCUT2D eigenvalue weighted by Gasteiger charge is 2.51. The number of hydrogen-bond donors (Lipinski definition) is 0. The molecule has 0 bridgehead atoms. The van der Waals surface area contributed by atoms with Crippen LogP contribution in [0, 0.1) is 5.41 Å². The number of amides is 1. The van der Waals surface area contributed by atoms with Crippen LogP contribution in [0.1, 0.15) is 26.2 Å². The summed E-state index contributed by atoms with van der Waals surface area (Å²) < 4.78 is 10.6.